The maximum atomic E-state index is 12.0. The molecule has 2 fully saturated rings. The lowest BCUT2D eigenvalue weighted by Crippen LogP contribution is -2.30. The first-order valence-electron chi connectivity index (χ1n) is 8.41. The highest BCUT2D eigenvalue weighted by Gasteiger charge is 2.25. The number of nitrogens with one attached hydrogen (secondary N) is 1. The summed E-state index contributed by atoms with van der Waals surface area (Å²) in [6.45, 7) is 3.15. The van der Waals surface area contributed by atoms with Crippen LogP contribution in [0.2, 0.25) is 0 Å². The molecule has 1 heterocycles. The number of para-hydroxylation sites is 2. The zero-order valence-corrected chi connectivity index (χ0v) is 13.0. The van der Waals surface area contributed by atoms with E-state index in [1.54, 1.807) is 0 Å². The van der Waals surface area contributed by atoms with E-state index in [9.17, 15) is 4.79 Å². The van der Waals surface area contributed by atoms with Gasteiger partial charge in [0.2, 0.25) is 5.91 Å². The van der Waals surface area contributed by atoms with Crippen molar-refractivity contribution in [3.05, 3.63) is 24.3 Å². The average molecular weight is 286 g/mol. The Morgan fingerprint density at radius 1 is 1.14 bits per heavy atom. The molecule has 0 aromatic heterocycles. The van der Waals surface area contributed by atoms with Gasteiger partial charge in [0.25, 0.3) is 0 Å². The fourth-order valence-electron chi connectivity index (χ4n) is 3.73. The van der Waals surface area contributed by atoms with Crippen molar-refractivity contribution in [2.45, 2.75) is 57.9 Å². The largest absolute Gasteiger partial charge is 0.381 e. The van der Waals surface area contributed by atoms with Crippen LogP contribution < -0.4 is 10.2 Å². The molecule has 0 bridgehead atoms. The summed E-state index contributed by atoms with van der Waals surface area (Å²) >= 11 is 0. The molecule has 0 radical (unpaired) electrons. The van der Waals surface area contributed by atoms with Gasteiger partial charge < -0.3 is 10.2 Å². The van der Waals surface area contributed by atoms with E-state index < -0.39 is 0 Å². The van der Waals surface area contributed by atoms with Gasteiger partial charge in [-0.3, -0.25) is 4.79 Å². The average Bonchev–Trinajstić information content (AvgIpc) is 2.95. The van der Waals surface area contributed by atoms with Gasteiger partial charge in [-0.15, -0.1) is 0 Å². The minimum absolute atomic E-state index is 0.259. The number of anilines is 2. The molecule has 1 amide bonds. The van der Waals surface area contributed by atoms with E-state index in [4.69, 9.17) is 0 Å². The lowest BCUT2D eigenvalue weighted by atomic mass is 9.84. The predicted molar refractivity (Wildman–Crippen MR) is 87.7 cm³/mol. The highest BCUT2D eigenvalue weighted by molar-refractivity contribution is 5.98. The molecule has 114 valence electrons. The van der Waals surface area contributed by atoms with Crippen molar-refractivity contribution in [1.29, 1.82) is 0 Å². The Bertz CT molecular complexity index is 494. The first-order chi connectivity index (χ1) is 10.3. The topological polar surface area (TPSA) is 32.3 Å². The number of carbonyl (C=O) groups excluding carboxylic acids is 1. The van der Waals surface area contributed by atoms with Crippen molar-refractivity contribution in [3.8, 4) is 0 Å². The Hall–Kier alpha value is -1.51. The Morgan fingerprint density at radius 2 is 1.90 bits per heavy atom. The molecular formula is C18H26N2O. The minimum Gasteiger partial charge on any atom is -0.381 e. The SMILES string of the molecule is CC(Nc1ccccc1N1CCCC1=O)C1CCCCC1. The van der Waals surface area contributed by atoms with Gasteiger partial charge in [-0.05, 0) is 44.2 Å². The number of hydrogen-bond donors (Lipinski definition) is 1. The molecule has 1 aliphatic heterocycles. The lowest BCUT2D eigenvalue weighted by Gasteiger charge is -2.30. The monoisotopic (exact) mass is 286 g/mol. The molecule has 3 rings (SSSR count). The van der Waals surface area contributed by atoms with E-state index in [-0.39, 0.29) is 5.91 Å². The third kappa shape index (κ3) is 3.22. The Kier molecular flexibility index (Phi) is 4.47. The molecule has 3 heteroatoms. The molecule has 1 N–H and O–H groups in total. The van der Waals surface area contributed by atoms with Gasteiger partial charge in [-0.25, -0.2) is 0 Å². The highest BCUT2D eigenvalue weighted by atomic mass is 16.2. The number of rotatable bonds is 4. The number of benzene rings is 1. The van der Waals surface area contributed by atoms with Crippen molar-refractivity contribution in [3.63, 3.8) is 0 Å². The molecule has 1 unspecified atom stereocenters. The Labute approximate surface area is 127 Å². The molecule has 1 aromatic rings. The van der Waals surface area contributed by atoms with Crippen molar-refractivity contribution in [1.82, 2.24) is 0 Å². The summed E-state index contributed by atoms with van der Waals surface area (Å²) in [6, 6.07) is 8.74. The second-order valence-electron chi connectivity index (χ2n) is 6.50. The summed E-state index contributed by atoms with van der Waals surface area (Å²) in [4.78, 5) is 14.0. The third-order valence-corrected chi connectivity index (χ3v) is 5.01. The zero-order valence-electron chi connectivity index (χ0n) is 13.0. The first-order valence-corrected chi connectivity index (χ1v) is 8.41. The number of nitrogens with zero attached hydrogens (tertiary/aromatic N) is 1. The van der Waals surface area contributed by atoms with Crippen LogP contribution in [0.25, 0.3) is 0 Å². The van der Waals surface area contributed by atoms with E-state index in [2.05, 4.69) is 30.4 Å². The molecule has 2 aliphatic rings. The van der Waals surface area contributed by atoms with E-state index in [1.165, 1.54) is 32.1 Å². The van der Waals surface area contributed by atoms with Gasteiger partial charge in [0.05, 0.1) is 11.4 Å². The van der Waals surface area contributed by atoms with Gasteiger partial charge in [0.15, 0.2) is 0 Å². The van der Waals surface area contributed by atoms with E-state index >= 15 is 0 Å². The third-order valence-electron chi connectivity index (χ3n) is 5.01. The van der Waals surface area contributed by atoms with Crippen molar-refractivity contribution >= 4 is 17.3 Å². The number of carbonyl (C=O) groups is 1. The molecular weight excluding hydrogens is 260 g/mol. The molecule has 1 atom stereocenters. The van der Waals surface area contributed by atoms with E-state index in [0.717, 1.165) is 30.3 Å². The highest BCUT2D eigenvalue weighted by Crippen LogP contribution is 2.33. The summed E-state index contributed by atoms with van der Waals surface area (Å²) in [7, 11) is 0. The van der Waals surface area contributed by atoms with Gasteiger partial charge in [0, 0.05) is 19.0 Å². The molecule has 1 aliphatic carbocycles. The van der Waals surface area contributed by atoms with Crippen LogP contribution in [-0.4, -0.2) is 18.5 Å². The molecule has 1 aromatic carbocycles. The van der Waals surface area contributed by atoms with Crippen LogP contribution in [0.5, 0.6) is 0 Å². The van der Waals surface area contributed by atoms with Crippen LogP contribution >= 0.6 is 0 Å². The smallest absolute Gasteiger partial charge is 0.227 e. The van der Waals surface area contributed by atoms with Crippen LogP contribution in [0, 0.1) is 5.92 Å². The Balaban J connectivity index is 1.74. The van der Waals surface area contributed by atoms with E-state index in [1.807, 2.05) is 11.0 Å². The van der Waals surface area contributed by atoms with Crippen LogP contribution in [0.15, 0.2) is 24.3 Å². The summed E-state index contributed by atoms with van der Waals surface area (Å²) in [6.07, 6.45) is 8.45. The number of hydrogen-bond acceptors (Lipinski definition) is 2. The summed E-state index contributed by atoms with van der Waals surface area (Å²) in [5.41, 5.74) is 2.17. The van der Waals surface area contributed by atoms with Crippen LogP contribution in [0.3, 0.4) is 0 Å². The maximum Gasteiger partial charge on any atom is 0.227 e. The number of amides is 1. The first kappa shape index (κ1) is 14.4. The lowest BCUT2D eigenvalue weighted by molar-refractivity contribution is -0.117. The van der Waals surface area contributed by atoms with Crippen molar-refractivity contribution < 1.29 is 4.79 Å². The predicted octanol–water partition coefficient (Wildman–Crippen LogP) is 4.19. The molecule has 21 heavy (non-hydrogen) atoms. The quantitative estimate of drug-likeness (QED) is 0.900. The zero-order chi connectivity index (χ0) is 14.7. The molecule has 1 saturated heterocycles. The summed E-state index contributed by atoms with van der Waals surface area (Å²) in [5, 5.41) is 3.68. The molecule has 1 saturated carbocycles. The van der Waals surface area contributed by atoms with Gasteiger partial charge in [-0.1, -0.05) is 31.4 Å². The fourth-order valence-corrected chi connectivity index (χ4v) is 3.73. The van der Waals surface area contributed by atoms with Gasteiger partial charge >= 0.3 is 0 Å². The van der Waals surface area contributed by atoms with Crippen molar-refractivity contribution in [2.75, 3.05) is 16.8 Å². The minimum atomic E-state index is 0.259. The van der Waals surface area contributed by atoms with Gasteiger partial charge in [0.1, 0.15) is 0 Å². The normalized spacial score (nSPS) is 21.6. The van der Waals surface area contributed by atoms with Gasteiger partial charge in [-0.2, -0.15) is 0 Å². The van der Waals surface area contributed by atoms with E-state index in [0.29, 0.717) is 12.5 Å². The standard InChI is InChI=1S/C18H26N2O/c1-14(15-8-3-2-4-9-15)19-16-10-5-6-11-17(16)20-13-7-12-18(20)21/h5-6,10-11,14-15,19H,2-4,7-9,12-13H2,1H3. The van der Waals surface area contributed by atoms with Crippen LogP contribution in [-0.2, 0) is 4.79 Å². The molecule has 0 spiro atoms. The fraction of sp³-hybridized carbons (Fsp3) is 0.611. The summed E-state index contributed by atoms with van der Waals surface area (Å²) < 4.78 is 0. The van der Waals surface area contributed by atoms with Crippen molar-refractivity contribution in [2.24, 2.45) is 5.92 Å². The maximum absolute atomic E-state index is 12.0. The second kappa shape index (κ2) is 6.50. The molecule has 3 nitrogen and oxygen atoms in total. The Morgan fingerprint density at radius 3 is 2.62 bits per heavy atom. The van der Waals surface area contributed by atoms with Crippen LogP contribution in [0.1, 0.15) is 51.9 Å². The van der Waals surface area contributed by atoms with Crippen LogP contribution in [0.4, 0.5) is 11.4 Å². The second-order valence-corrected chi connectivity index (χ2v) is 6.50. The summed E-state index contributed by atoms with van der Waals surface area (Å²) in [5.74, 6) is 1.02.